The summed E-state index contributed by atoms with van der Waals surface area (Å²) in [5, 5.41) is 28.9. The predicted octanol–water partition coefficient (Wildman–Crippen LogP) is 12.9. The Kier molecular flexibility index (Phi) is 36.7. The van der Waals surface area contributed by atoms with Crippen molar-refractivity contribution >= 4 is 137 Å². The molecule has 0 aromatic heterocycles. The van der Waals surface area contributed by atoms with Crippen LogP contribution >= 0.6 is 66.4 Å². The lowest BCUT2D eigenvalue weighted by Gasteiger charge is -2.42. The highest BCUT2D eigenvalue weighted by molar-refractivity contribution is 8.77. The van der Waals surface area contributed by atoms with Crippen molar-refractivity contribution in [1.82, 2.24) is 20.4 Å². The van der Waals surface area contributed by atoms with Crippen LogP contribution < -0.4 is 34.6 Å². The highest BCUT2D eigenvalue weighted by Gasteiger charge is 2.66. The van der Waals surface area contributed by atoms with Crippen molar-refractivity contribution in [1.29, 1.82) is 0 Å². The van der Waals surface area contributed by atoms with Crippen LogP contribution in [0.2, 0.25) is 10.0 Å². The number of nitrogens with zero attached hydrogens (tertiary/aromatic N) is 4. The number of allylic oxidation sites excluding steroid dienone is 6. The van der Waals surface area contributed by atoms with Gasteiger partial charge >= 0.3 is 30.1 Å². The van der Waals surface area contributed by atoms with E-state index in [9.17, 15) is 75.7 Å². The van der Waals surface area contributed by atoms with Gasteiger partial charge in [0, 0.05) is 122 Å². The number of methoxy groups -OCH3 is 4. The van der Waals surface area contributed by atoms with Gasteiger partial charge in [0.15, 0.2) is 23.1 Å². The topological polar surface area (TPSA) is 356 Å². The van der Waals surface area contributed by atoms with Gasteiger partial charge in [0.2, 0.25) is 41.0 Å². The Bertz CT molecular complexity index is 4530. The first-order chi connectivity index (χ1) is 58.4. The molecule has 39 heteroatoms. The number of alkyl carbamates (subject to hydrolysis) is 2. The molecule has 16 atom stereocenters. The van der Waals surface area contributed by atoms with Gasteiger partial charge in [0.1, 0.15) is 87.2 Å². The van der Waals surface area contributed by atoms with Gasteiger partial charge in [-0.25, -0.2) is 28.0 Å². The molecule has 4 fully saturated rings. The fraction of sp³-hybridized carbons (Fsp3) is 0.576. The smallest absolute Gasteiger partial charge is 0.409 e. The number of nitrogens with one attached hydrogen (secondary N) is 2. The molecule has 124 heavy (non-hydrogen) atoms. The van der Waals surface area contributed by atoms with E-state index in [0.717, 1.165) is 34.4 Å². The number of hydrogen-bond donors (Lipinski definition) is 4. The number of hydrogen-bond acceptors (Lipinski definition) is 27. The van der Waals surface area contributed by atoms with Crippen LogP contribution in [-0.4, -0.2) is 243 Å². The maximum atomic E-state index is 14.3. The summed E-state index contributed by atoms with van der Waals surface area (Å²) < 4.78 is 118. The number of amides is 6. The Morgan fingerprint density at radius 3 is 1.35 bits per heavy atom. The van der Waals surface area contributed by atoms with Gasteiger partial charge in [-0.15, -0.1) is 0 Å². The molecule has 6 aliphatic rings. The van der Waals surface area contributed by atoms with Gasteiger partial charge in [-0.2, -0.15) is 8.78 Å². The van der Waals surface area contributed by atoms with Crippen LogP contribution in [0.4, 0.5) is 38.5 Å². The molecule has 3 aromatic rings. The number of aliphatic hydroxyl groups is 2. The number of ketones is 1. The number of Topliss-reactive ketones (excluding diaryl/α,β-unsaturated/α-hetero) is 1. The molecule has 0 saturated carbocycles. The van der Waals surface area contributed by atoms with Gasteiger partial charge in [0.25, 0.3) is 0 Å². The molecular formula is C85H110Cl2F4N6O23S4. The number of fused-ring (bicyclic) bond motifs is 10. The largest absolute Gasteiger partial charge is 0.495 e. The fourth-order valence-electron chi connectivity index (χ4n) is 14.7. The summed E-state index contributed by atoms with van der Waals surface area (Å²) in [4.78, 5) is 137. The van der Waals surface area contributed by atoms with Gasteiger partial charge < -0.3 is 86.7 Å². The number of likely N-dealkylation sites (N-methyl/N-ethyl adjacent to an activating group) is 2. The quantitative estimate of drug-likeness (QED) is 0.00805. The van der Waals surface area contributed by atoms with Crippen LogP contribution in [0.3, 0.4) is 0 Å². The number of esters is 3. The van der Waals surface area contributed by atoms with E-state index < -0.39 is 179 Å². The zero-order valence-corrected chi connectivity index (χ0v) is 77.0. The van der Waals surface area contributed by atoms with Gasteiger partial charge in [0.05, 0.1) is 50.6 Å². The standard InChI is InChI=1S/C45H54ClF4N3O12S2.C40H56ClN3O11S2/c1-23-11-9-12-32(61-8)45(59)22-31(62-43(58)51-45)24(2)41-44(4,65-41)33(21-35(55)53(6)29-18-26(17-23)19-30(60-7)37(29)46)63-42(57)25(3)52(5)34(54)14-16-67-66-15-10-13-36(56)64-40-38(49)27(47)20-28(48)39(40)50;1-23-12-10-14-31(52-9)40(50)22-30(53-38(49)42-40)25(3)36-39(5,55-36)32(21-34(47)44(7)28-19-27(18-23)20-29(51-8)35(28)41)54-37(48)26(4)43(6)33(46)15-17-57-56-16-11-13-24(2)45/h9,11-12,18-20,24-25,31-33,41,59H,10,13-17,21-22H2,1-8H3,(H,51,58);10,12,14,19-20,25-26,30-32,36,50H,11,13,15-18,21-22H2,1-9H3,(H,42,49)/b12-9+,23-11+;14-10+,23-12+/t24-,25+,31+,32-,33+,41+,44+,45+;25-,26+,30+,31-,32+,36+,39+,40+/m11/s1. The van der Waals surface area contributed by atoms with Crippen LogP contribution in [0.25, 0.3) is 0 Å². The normalized spacial score (nSPS) is 28.3. The van der Waals surface area contributed by atoms with E-state index in [0.29, 0.717) is 53.6 Å². The Morgan fingerprint density at radius 2 is 0.976 bits per heavy atom. The monoisotopic (exact) mass is 1860 g/mol. The highest BCUT2D eigenvalue weighted by Crippen LogP contribution is 2.52. The van der Waals surface area contributed by atoms with E-state index in [1.807, 2.05) is 26.0 Å². The van der Waals surface area contributed by atoms with Gasteiger partial charge in [-0.05, 0) is 110 Å². The molecule has 0 unspecified atom stereocenters. The van der Waals surface area contributed by atoms with Gasteiger partial charge in [-0.1, -0.05) is 128 Å². The second-order valence-electron chi connectivity index (χ2n) is 31.8. The molecule has 4 N–H and O–H groups in total. The van der Waals surface area contributed by atoms with E-state index in [1.54, 1.807) is 108 Å². The van der Waals surface area contributed by atoms with Crippen molar-refractivity contribution in [3.8, 4) is 17.2 Å². The number of ether oxygens (including phenoxy) is 11. The lowest BCUT2D eigenvalue weighted by atomic mass is 9.83. The minimum atomic E-state index is -1.89. The third-order valence-corrected chi connectivity index (χ3v) is 28.4. The van der Waals surface area contributed by atoms with Crippen molar-refractivity contribution < 1.29 is 128 Å². The molecule has 6 heterocycles. The Balaban J connectivity index is 0.000000312. The number of halogens is 6. The molecule has 4 saturated heterocycles. The molecule has 0 radical (unpaired) electrons. The Morgan fingerprint density at radius 1 is 0.597 bits per heavy atom. The molecule has 0 aliphatic carbocycles. The van der Waals surface area contributed by atoms with Crippen LogP contribution in [0.5, 0.6) is 17.2 Å². The van der Waals surface area contributed by atoms with Crippen molar-refractivity contribution in [2.24, 2.45) is 11.8 Å². The number of epoxide rings is 2. The summed E-state index contributed by atoms with van der Waals surface area (Å²) in [6.07, 6.45) is 2.44. The first-order valence-electron chi connectivity index (χ1n) is 40.1. The number of anilines is 2. The number of carbonyl (C=O) groups is 10. The fourth-order valence-corrected chi connectivity index (χ4v) is 19.5. The predicted molar refractivity (Wildman–Crippen MR) is 462 cm³/mol. The molecular weight excluding hydrogens is 1750 g/mol. The van der Waals surface area contributed by atoms with Crippen LogP contribution in [0.15, 0.2) is 77.9 Å². The van der Waals surface area contributed by atoms with E-state index in [2.05, 4.69) is 15.4 Å². The molecule has 684 valence electrons. The zero-order chi connectivity index (χ0) is 91.8. The summed E-state index contributed by atoms with van der Waals surface area (Å²) >= 11 is 13.5. The summed E-state index contributed by atoms with van der Waals surface area (Å²) in [7, 11) is 17.5. The number of benzene rings is 3. The SMILES string of the molecule is COc1cc2cc(c1Cl)N(C)C(=O)C[C@H](OC(=O)[C@H](C)N(C)C(=O)CCSSCCCC(=O)Oc1c(F)c(F)cc(F)c1F)[C@]1(C)O[C@H]1[C@H](C)[C@@H]1C[C@@](O)(NC(=O)O1)[C@H](OC)/C=C/C=C(\C)C2.COc1cc2cc(c1Cl)N(C)C(=O)C[C@H](OC(=O)[C@H](C)N(C)C(=O)CCSSCCCC(C)=O)[C@]1(C)O[C@H]1[C@H](C)[C@@H]1C[C@@](O)(NC(=O)O1)[C@H](OC)/C=C/C=C(\C)C2. The van der Waals surface area contributed by atoms with Crippen molar-refractivity contribution in [2.45, 2.75) is 223 Å². The molecule has 6 amide bonds. The van der Waals surface area contributed by atoms with Gasteiger partial charge in [-0.3, -0.25) is 34.6 Å². The lowest BCUT2D eigenvalue weighted by Crippen LogP contribution is -2.63. The minimum absolute atomic E-state index is 0.00119. The molecule has 9 rings (SSSR count). The van der Waals surface area contributed by atoms with Crippen LogP contribution in [0.1, 0.15) is 138 Å². The summed E-state index contributed by atoms with van der Waals surface area (Å²) in [6.45, 7) is 15.3. The average molecular weight is 1860 g/mol. The van der Waals surface area contributed by atoms with Crippen LogP contribution in [0, 0.1) is 35.1 Å². The van der Waals surface area contributed by atoms with Crippen molar-refractivity contribution in [2.75, 3.05) is 89.4 Å². The third-order valence-electron chi connectivity index (χ3n) is 22.7. The zero-order valence-electron chi connectivity index (χ0n) is 72.3. The maximum absolute atomic E-state index is 14.3. The van der Waals surface area contributed by atoms with Crippen molar-refractivity contribution in [3.05, 3.63) is 122 Å². The summed E-state index contributed by atoms with van der Waals surface area (Å²) in [6, 6.07) is 4.95. The first kappa shape index (κ1) is 102. The molecule has 3 aromatic carbocycles. The van der Waals surface area contributed by atoms with E-state index in [1.165, 1.54) is 108 Å². The molecule has 6 aliphatic heterocycles. The molecule has 0 spiro atoms. The summed E-state index contributed by atoms with van der Waals surface area (Å²) in [5.41, 5.74) is -2.19. The lowest BCUT2D eigenvalue weighted by molar-refractivity contribution is -0.162. The van der Waals surface area contributed by atoms with Crippen LogP contribution in [-0.2, 0) is 89.1 Å². The Labute approximate surface area is 744 Å². The third kappa shape index (κ3) is 25.8. The van der Waals surface area contributed by atoms with E-state index in [-0.39, 0.29) is 78.5 Å². The molecule has 8 bridgehead atoms. The van der Waals surface area contributed by atoms with E-state index in [4.69, 9.17) is 70.6 Å². The Hall–Kier alpha value is -7.82. The maximum Gasteiger partial charge on any atom is 0.409 e. The minimum Gasteiger partial charge on any atom is -0.495 e. The average Bonchev–Trinajstić information content (AvgIpc) is 1.57. The van der Waals surface area contributed by atoms with Crippen molar-refractivity contribution in [3.63, 3.8) is 0 Å². The highest BCUT2D eigenvalue weighted by atomic mass is 35.5. The van der Waals surface area contributed by atoms with E-state index >= 15 is 0 Å². The first-order valence-corrected chi connectivity index (χ1v) is 45.8. The second kappa shape index (κ2) is 44.8. The second-order valence-corrected chi connectivity index (χ2v) is 37.9. The molecule has 29 nitrogen and oxygen atoms in total. The number of rotatable bonds is 27. The summed E-state index contributed by atoms with van der Waals surface area (Å²) in [5.74, 6) is -11.2. The number of carbonyl (C=O) groups excluding carboxylic acids is 10.